The van der Waals surface area contributed by atoms with Crippen molar-refractivity contribution in [2.45, 2.75) is 0 Å². The molecule has 0 fully saturated rings. The summed E-state index contributed by atoms with van der Waals surface area (Å²) in [5, 5.41) is 11.3. The normalized spacial score (nSPS) is 10.7. The van der Waals surface area contributed by atoms with Gasteiger partial charge in [0.15, 0.2) is 5.82 Å². The second-order valence-corrected chi connectivity index (χ2v) is 5.04. The van der Waals surface area contributed by atoms with Crippen LogP contribution in [0.5, 0.6) is 0 Å². The zero-order chi connectivity index (χ0) is 14.1. The van der Waals surface area contributed by atoms with E-state index < -0.39 is 0 Å². The minimum Gasteiger partial charge on any atom is -0.305 e. The van der Waals surface area contributed by atoms with Crippen molar-refractivity contribution in [3.05, 3.63) is 58.1 Å². The minimum absolute atomic E-state index is 0.311. The van der Waals surface area contributed by atoms with Crippen molar-refractivity contribution in [3.8, 4) is 0 Å². The Labute approximate surface area is 124 Å². The van der Waals surface area contributed by atoms with E-state index in [2.05, 4.69) is 15.5 Å². The molecule has 1 aromatic heterocycles. The number of benzene rings is 2. The van der Waals surface area contributed by atoms with Crippen LogP contribution in [0.4, 0.5) is 5.82 Å². The molecule has 0 spiro atoms. The number of aromatic amines is 1. The first-order valence-corrected chi connectivity index (χ1v) is 6.60. The van der Waals surface area contributed by atoms with Crippen LogP contribution in [0.2, 0.25) is 10.0 Å². The van der Waals surface area contributed by atoms with Crippen molar-refractivity contribution in [1.82, 2.24) is 10.2 Å². The number of carbonyl (C=O) groups is 1. The van der Waals surface area contributed by atoms with E-state index in [1.165, 1.54) is 6.07 Å². The number of para-hydroxylation sites is 1. The molecule has 0 aliphatic carbocycles. The molecular formula is C14H9Cl2N3O. The van der Waals surface area contributed by atoms with Crippen LogP contribution in [0.3, 0.4) is 0 Å². The number of anilines is 1. The van der Waals surface area contributed by atoms with E-state index in [4.69, 9.17) is 23.2 Å². The summed E-state index contributed by atoms with van der Waals surface area (Å²) in [6.07, 6.45) is 0. The van der Waals surface area contributed by atoms with E-state index in [0.717, 1.165) is 10.9 Å². The fourth-order valence-electron chi connectivity index (χ4n) is 1.91. The van der Waals surface area contributed by atoms with Crippen LogP contribution in [0.25, 0.3) is 10.9 Å². The number of rotatable bonds is 2. The van der Waals surface area contributed by atoms with Gasteiger partial charge in [-0.15, -0.1) is 0 Å². The van der Waals surface area contributed by atoms with Crippen molar-refractivity contribution in [3.63, 3.8) is 0 Å². The first kappa shape index (κ1) is 13.0. The Kier molecular flexibility index (Phi) is 3.34. The molecule has 20 heavy (non-hydrogen) atoms. The standard InChI is InChI=1S/C14H9Cl2N3O/c15-8-5-6-11(16)10(7-8)14(20)17-13-9-3-1-2-4-12(9)18-19-13/h1-7H,(H2,17,18,19,20). The molecule has 6 heteroatoms. The van der Waals surface area contributed by atoms with Crippen LogP contribution in [0, 0.1) is 0 Å². The fourth-order valence-corrected chi connectivity index (χ4v) is 2.28. The van der Waals surface area contributed by atoms with Crippen molar-refractivity contribution in [1.29, 1.82) is 0 Å². The SMILES string of the molecule is O=C(Nc1n[nH]c2ccccc12)c1cc(Cl)ccc1Cl. The van der Waals surface area contributed by atoms with E-state index in [-0.39, 0.29) is 5.91 Å². The molecule has 2 N–H and O–H groups in total. The van der Waals surface area contributed by atoms with Gasteiger partial charge in [0.2, 0.25) is 0 Å². The number of hydrogen-bond donors (Lipinski definition) is 2. The number of aromatic nitrogens is 2. The van der Waals surface area contributed by atoms with E-state index in [1.54, 1.807) is 12.1 Å². The Hall–Kier alpha value is -2.04. The third-order valence-electron chi connectivity index (χ3n) is 2.88. The number of amides is 1. The largest absolute Gasteiger partial charge is 0.305 e. The Morgan fingerprint density at radius 2 is 1.95 bits per heavy atom. The Balaban J connectivity index is 1.94. The van der Waals surface area contributed by atoms with Gasteiger partial charge in [-0.3, -0.25) is 9.89 Å². The maximum Gasteiger partial charge on any atom is 0.258 e. The van der Waals surface area contributed by atoms with Crippen molar-refractivity contribution in [2.24, 2.45) is 0 Å². The summed E-state index contributed by atoms with van der Waals surface area (Å²) < 4.78 is 0. The number of fused-ring (bicyclic) bond motifs is 1. The number of nitrogens with one attached hydrogen (secondary N) is 2. The molecule has 4 nitrogen and oxygen atoms in total. The second-order valence-electron chi connectivity index (χ2n) is 4.20. The second kappa shape index (κ2) is 5.15. The first-order chi connectivity index (χ1) is 9.65. The van der Waals surface area contributed by atoms with Gasteiger partial charge in [-0.25, -0.2) is 0 Å². The number of H-pyrrole nitrogens is 1. The van der Waals surface area contributed by atoms with Gasteiger partial charge < -0.3 is 5.32 Å². The zero-order valence-electron chi connectivity index (χ0n) is 10.2. The number of halogens is 2. The van der Waals surface area contributed by atoms with E-state index in [9.17, 15) is 4.79 Å². The molecule has 1 heterocycles. The summed E-state index contributed by atoms with van der Waals surface area (Å²) in [7, 11) is 0. The van der Waals surface area contributed by atoms with Gasteiger partial charge in [0.25, 0.3) is 5.91 Å². The molecule has 0 atom stereocenters. The predicted molar refractivity (Wildman–Crippen MR) is 80.5 cm³/mol. The number of hydrogen-bond acceptors (Lipinski definition) is 2. The van der Waals surface area contributed by atoms with Crippen LogP contribution in [-0.4, -0.2) is 16.1 Å². The lowest BCUT2D eigenvalue weighted by molar-refractivity contribution is 0.102. The smallest absolute Gasteiger partial charge is 0.258 e. The van der Waals surface area contributed by atoms with Crippen LogP contribution in [0.1, 0.15) is 10.4 Å². The van der Waals surface area contributed by atoms with Crippen LogP contribution < -0.4 is 5.32 Å². The van der Waals surface area contributed by atoms with Crippen molar-refractivity contribution in [2.75, 3.05) is 5.32 Å². The van der Waals surface area contributed by atoms with E-state index in [1.807, 2.05) is 24.3 Å². The molecule has 1 amide bonds. The lowest BCUT2D eigenvalue weighted by atomic mass is 10.2. The lowest BCUT2D eigenvalue weighted by Crippen LogP contribution is -2.13. The molecule has 0 saturated carbocycles. The van der Waals surface area contributed by atoms with E-state index in [0.29, 0.717) is 21.4 Å². The highest BCUT2D eigenvalue weighted by Gasteiger charge is 2.14. The zero-order valence-corrected chi connectivity index (χ0v) is 11.7. The minimum atomic E-state index is -0.352. The van der Waals surface area contributed by atoms with Gasteiger partial charge in [-0.2, -0.15) is 5.10 Å². The predicted octanol–water partition coefficient (Wildman–Crippen LogP) is 4.12. The monoisotopic (exact) mass is 305 g/mol. The highest BCUT2D eigenvalue weighted by Crippen LogP contribution is 2.24. The average Bonchev–Trinajstić information content (AvgIpc) is 2.85. The maximum atomic E-state index is 12.2. The summed E-state index contributed by atoms with van der Waals surface area (Å²) in [6, 6.07) is 12.2. The fraction of sp³-hybridized carbons (Fsp3) is 0. The quantitative estimate of drug-likeness (QED) is 0.748. The van der Waals surface area contributed by atoms with Gasteiger partial charge >= 0.3 is 0 Å². The van der Waals surface area contributed by atoms with Gasteiger partial charge in [0.1, 0.15) is 0 Å². The van der Waals surface area contributed by atoms with Gasteiger partial charge in [0, 0.05) is 10.4 Å². The summed E-state index contributed by atoms with van der Waals surface area (Å²) in [5.41, 5.74) is 1.16. The topological polar surface area (TPSA) is 57.8 Å². The molecule has 100 valence electrons. The van der Waals surface area contributed by atoms with Crippen LogP contribution in [0.15, 0.2) is 42.5 Å². The van der Waals surface area contributed by atoms with Crippen LogP contribution >= 0.6 is 23.2 Å². The summed E-state index contributed by atoms with van der Waals surface area (Å²) in [4.78, 5) is 12.2. The Morgan fingerprint density at radius 1 is 1.15 bits per heavy atom. The highest BCUT2D eigenvalue weighted by atomic mass is 35.5. The summed E-state index contributed by atoms with van der Waals surface area (Å²) >= 11 is 11.9. The Morgan fingerprint density at radius 3 is 2.80 bits per heavy atom. The summed E-state index contributed by atoms with van der Waals surface area (Å²) in [6.45, 7) is 0. The molecule has 0 aliphatic heterocycles. The lowest BCUT2D eigenvalue weighted by Gasteiger charge is -2.05. The third-order valence-corrected chi connectivity index (χ3v) is 3.44. The van der Waals surface area contributed by atoms with E-state index >= 15 is 0 Å². The molecule has 0 bridgehead atoms. The van der Waals surface area contributed by atoms with Crippen molar-refractivity contribution >= 4 is 45.8 Å². The molecular weight excluding hydrogens is 297 g/mol. The summed E-state index contributed by atoms with van der Waals surface area (Å²) in [5.74, 6) is 0.108. The molecule has 0 aliphatic rings. The maximum absolute atomic E-state index is 12.2. The Bertz CT molecular complexity index is 798. The van der Waals surface area contributed by atoms with Gasteiger partial charge in [-0.1, -0.05) is 35.3 Å². The first-order valence-electron chi connectivity index (χ1n) is 5.84. The number of carbonyl (C=O) groups excluding carboxylic acids is 1. The third kappa shape index (κ3) is 2.35. The molecule has 3 aromatic rings. The molecule has 0 saturated heterocycles. The number of nitrogens with zero attached hydrogens (tertiary/aromatic N) is 1. The van der Waals surface area contributed by atoms with Crippen molar-refractivity contribution < 1.29 is 4.79 Å². The van der Waals surface area contributed by atoms with Crippen LogP contribution in [-0.2, 0) is 0 Å². The molecule has 0 radical (unpaired) electrons. The molecule has 3 rings (SSSR count). The highest BCUT2D eigenvalue weighted by molar-refractivity contribution is 6.36. The molecule has 2 aromatic carbocycles. The van der Waals surface area contributed by atoms with Gasteiger partial charge in [0.05, 0.1) is 16.1 Å². The van der Waals surface area contributed by atoms with Gasteiger partial charge in [-0.05, 0) is 30.3 Å². The average molecular weight is 306 g/mol. The molecule has 0 unspecified atom stereocenters.